The van der Waals surface area contributed by atoms with Gasteiger partial charge in [-0.1, -0.05) is 38.1 Å². The van der Waals surface area contributed by atoms with Crippen LogP contribution >= 0.6 is 0 Å². The van der Waals surface area contributed by atoms with Crippen LogP contribution in [0.3, 0.4) is 0 Å². The minimum atomic E-state index is -0.461. The fourth-order valence-electron chi connectivity index (χ4n) is 1.72. The van der Waals surface area contributed by atoms with E-state index in [0.29, 0.717) is 6.54 Å². The number of benzene rings is 1. The third-order valence-electron chi connectivity index (χ3n) is 3.49. The molecule has 0 fully saturated rings. The van der Waals surface area contributed by atoms with E-state index in [-0.39, 0.29) is 19.3 Å². The second kappa shape index (κ2) is 6.88. The molecule has 18 heavy (non-hydrogen) atoms. The monoisotopic (exact) mass is 251 g/mol. The maximum atomic E-state index is 9.24. The molecule has 0 aliphatic heterocycles. The average Bonchev–Trinajstić information content (AvgIpc) is 2.44. The van der Waals surface area contributed by atoms with Gasteiger partial charge in [0.1, 0.15) is 0 Å². The average molecular weight is 251 g/mol. The Morgan fingerprint density at radius 3 is 2.17 bits per heavy atom. The fourth-order valence-corrected chi connectivity index (χ4v) is 1.72. The minimum Gasteiger partial charge on any atom is -0.396 e. The summed E-state index contributed by atoms with van der Waals surface area (Å²) in [5, 5.41) is 21.8. The second-order valence-corrected chi connectivity index (χ2v) is 5.32. The SMILES string of the molecule is CCc1ccc(C(C)NCC(C)(CO)CO)cc1. The molecular formula is C15H25NO2. The van der Waals surface area contributed by atoms with Gasteiger partial charge in [-0.25, -0.2) is 0 Å². The van der Waals surface area contributed by atoms with E-state index >= 15 is 0 Å². The number of hydrogen-bond acceptors (Lipinski definition) is 3. The lowest BCUT2D eigenvalue weighted by Gasteiger charge is -2.27. The van der Waals surface area contributed by atoms with Crippen molar-refractivity contribution in [2.75, 3.05) is 19.8 Å². The van der Waals surface area contributed by atoms with Crippen LogP contribution < -0.4 is 5.32 Å². The molecule has 0 aliphatic carbocycles. The van der Waals surface area contributed by atoms with Gasteiger partial charge in [0.25, 0.3) is 0 Å². The molecule has 0 aliphatic rings. The van der Waals surface area contributed by atoms with Gasteiger partial charge < -0.3 is 15.5 Å². The highest BCUT2D eigenvalue weighted by atomic mass is 16.3. The number of aryl methyl sites for hydroxylation is 1. The first-order valence-corrected chi connectivity index (χ1v) is 6.58. The number of aliphatic hydroxyl groups excluding tert-OH is 2. The summed E-state index contributed by atoms with van der Waals surface area (Å²) in [4.78, 5) is 0. The zero-order chi connectivity index (χ0) is 13.6. The summed E-state index contributed by atoms with van der Waals surface area (Å²) < 4.78 is 0. The lowest BCUT2D eigenvalue weighted by atomic mass is 9.92. The maximum Gasteiger partial charge on any atom is 0.0519 e. The Kier molecular flexibility index (Phi) is 5.79. The Balaban J connectivity index is 2.56. The van der Waals surface area contributed by atoms with Crippen LogP contribution in [0.5, 0.6) is 0 Å². The Morgan fingerprint density at radius 1 is 1.17 bits per heavy atom. The summed E-state index contributed by atoms with van der Waals surface area (Å²) in [6.45, 7) is 6.67. The maximum absolute atomic E-state index is 9.24. The highest BCUT2D eigenvalue weighted by molar-refractivity contribution is 5.24. The molecule has 0 heterocycles. The molecule has 1 rings (SSSR count). The molecule has 0 spiro atoms. The van der Waals surface area contributed by atoms with E-state index < -0.39 is 5.41 Å². The third kappa shape index (κ3) is 4.09. The fraction of sp³-hybridized carbons (Fsp3) is 0.600. The summed E-state index contributed by atoms with van der Waals surface area (Å²) in [5.74, 6) is 0. The van der Waals surface area contributed by atoms with Gasteiger partial charge in [-0.2, -0.15) is 0 Å². The molecule has 0 bridgehead atoms. The van der Waals surface area contributed by atoms with Crippen molar-refractivity contribution in [3.8, 4) is 0 Å². The van der Waals surface area contributed by atoms with Crippen LogP contribution in [0.4, 0.5) is 0 Å². The van der Waals surface area contributed by atoms with Crippen molar-refractivity contribution in [1.29, 1.82) is 0 Å². The molecular weight excluding hydrogens is 226 g/mol. The van der Waals surface area contributed by atoms with Crippen molar-refractivity contribution in [3.63, 3.8) is 0 Å². The number of hydrogen-bond donors (Lipinski definition) is 3. The zero-order valence-corrected chi connectivity index (χ0v) is 11.6. The van der Waals surface area contributed by atoms with Gasteiger partial charge in [-0.15, -0.1) is 0 Å². The first kappa shape index (κ1) is 15.2. The van der Waals surface area contributed by atoms with Crippen molar-refractivity contribution in [2.24, 2.45) is 5.41 Å². The van der Waals surface area contributed by atoms with Crippen molar-refractivity contribution in [3.05, 3.63) is 35.4 Å². The van der Waals surface area contributed by atoms with Crippen molar-refractivity contribution < 1.29 is 10.2 Å². The quantitative estimate of drug-likeness (QED) is 0.693. The predicted octanol–water partition coefficient (Wildman–Crippen LogP) is 1.89. The third-order valence-corrected chi connectivity index (χ3v) is 3.49. The van der Waals surface area contributed by atoms with Gasteiger partial charge in [0.15, 0.2) is 0 Å². The van der Waals surface area contributed by atoms with Crippen molar-refractivity contribution in [2.45, 2.75) is 33.2 Å². The molecule has 3 heteroatoms. The summed E-state index contributed by atoms with van der Waals surface area (Å²) in [6.07, 6.45) is 1.05. The molecule has 1 atom stereocenters. The normalized spacial score (nSPS) is 13.6. The molecule has 102 valence electrons. The van der Waals surface area contributed by atoms with Gasteiger partial charge in [-0.3, -0.25) is 0 Å². The largest absolute Gasteiger partial charge is 0.396 e. The van der Waals surface area contributed by atoms with E-state index in [4.69, 9.17) is 0 Å². The van der Waals surface area contributed by atoms with Crippen LogP contribution in [0.15, 0.2) is 24.3 Å². The Hall–Kier alpha value is -0.900. The van der Waals surface area contributed by atoms with Crippen LogP contribution in [0.25, 0.3) is 0 Å². The van der Waals surface area contributed by atoms with Crippen LogP contribution in [0.2, 0.25) is 0 Å². The van der Waals surface area contributed by atoms with E-state index in [2.05, 4.69) is 43.4 Å². The number of rotatable bonds is 7. The van der Waals surface area contributed by atoms with E-state index in [0.717, 1.165) is 6.42 Å². The Labute approximate surface area is 110 Å². The van der Waals surface area contributed by atoms with Crippen LogP contribution in [0, 0.1) is 5.41 Å². The highest BCUT2D eigenvalue weighted by Gasteiger charge is 2.22. The molecule has 3 nitrogen and oxygen atoms in total. The molecule has 0 amide bonds. The molecule has 1 unspecified atom stereocenters. The summed E-state index contributed by atoms with van der Waals surface area (Å²) in [5.41, 5.74) is 2.10. The van der Waals surface area contributed by atoms with Crippen molar-refractivity contribution >= 4 is 0 Å². The molecule has 0 saturated heterocycles. The second-order valence-electron chi connectivity index (χ2n) is 5.32. The summed E-state index contributed by atoms with van der Waals surface area (Å²) >= 11 is 0. The first-order chi connectivity index (χ1) is 8.54. The lowest BCUT2D eigenvalue weighted by molar-refractivity contribution is 0.0677. The van der Waals surface area contributed by atoms with Gasteiger partial charge in [0.05, 0.1) is 13.2 Å². The zero-order valence-electron chi connectivity index (χ0n) is 11.6. The van der Waals surface area contributed by atoms with E-state index in [1.54, 1.807) is 0 Å². The lowest BCUT2D eigenvalue weighted by Crippen LogP contribution is -2.38. The topological polar surface area (TPSA) is 52.5 Å². The van der Waals surface area contributed by atoms with Crippen molar-refractivity contribution in [1.82, 2.24) is 5.32 Å². The van der Waals surface area contributed by atoms with Crippen LogP contribution in [-0.4, -0.2) is 30.0 Å². The van der Waals surface area contributed by atoms with E-state index in [1.807, 2.05) is 6.92 Å². The van der Waals surface area contributed by atoms with E-state index in [9.17, 15) is 10.2 Å². The van der Waals surface area contributed by atoms with Crippen LogP contribution in [0.1, 0.15) is 37.9 Å². The predicted molar refractivity (Wildman–Crippen MR) is 74.5 cm³/mol. The molecule has 1 aromatic carbocycles. The number of nitrogens with one attached hydrogen (secondary N) is 1. The summed E-state index contributed by atoms with van der Waals surface area (Å²) in [7, 11) is 0. The molecule has 0 aromatic heterocycles. The Morgan fingerprint density at radius 2 is 1.72 bits per heavy atom. The van der Waals surface area contributed by atoms with E-state index in [1.165, 1.54) is 11.1 Å². The molecule has 0 radical (unpaired) electrons. The smallest absolute Gasteiger partial charge is 0.0519 e. The standard InChI is InChI=1S/C15H25NO2/c1-4-13-5-7-14(8-6-13)12(2)16-9-15(3,10-17)11-18/h5-8,12,16-18H,4,9-11H2,1-3H3. The first-order valence-electron chi connectivity index (χ1n) is 6.58. The molecule has 3 N–H and O–H groups in total. The van der Waals surface area contributed by atoms with Gasteiger partial charge in [-0.05, 0) is 24.5 Å². The molecule has 1 aromatic rings. The molecule has 0 saturated carbocycles. The van der Waals surface area contributed by atoms with Gasteiger partial charge in [0, 0.05) is 18.0 Å². The van der Waals surface area contributed by atoms with Crippen LogP contribution in [-0.2, 0) is 6.42 Å². The van der Waals surface area contributed by atoms with Gasteiger partial charge >= 0.3 is 0 Å². The Bertz CT molecular complexity index is 344. The van der Waals surface area contributed by atoms with Gasteiger partial charge in [0.2, 0.25) is 0 Å². The minimum absolute atomic E-state index is 0.0159. The number of aliphatic hydroxyl groups is 2. The highest BCUT2D eigenvalue weighted by Crippen LogP contribution is 2.17. The summed E-state index contributed by atoms with van der Waals surface area (Å²) in [6, 6.07) is 8.76.